The lowest BCUT2D eigenvalue weighted by Crippen LogP contribution is -2.24. The van der Waals surface area contributed by atoms with E-state index in [4.69, 9.17) is 0 Å². The van der Waals surface area contributed by atoms with Gasteiger partial charge in [-0.25, -0.2) is 0 Å². The SMILES string of the molecule is CCc1c(C(=O)C(C)C(=O)c2c(CC)c3n4c2CC[C@H]4CCC3)c2n3c1CCC[C@@H]3CC2. The summed E-state index contributed by atoms with van der Waals surface area (Å²) < 4.78 is 5.01. The third-order valence-electron chi connectivity index (χ3n) is 9.09. The van der Waals surface area contributed by atoms with Gasteiger partial charge < -0.3 is 9.13 Å². The average molecular weight is 433 g/mol. The lowest BCUT2D eigenvalue weighted by atomic mass is 9.85. The Morgan fingerprint density at radius 3 is 1.56 bits per heavy atom. The Morgan fingerprint density at radius 2 is 1.16 bits per heavy atom. The van der Waals surface area contributed by atoms with Crippen LogP contribution in [0.1, 0.15) is 126 Å². The van der Waals surface area contributed by atoms with E-state index in [0.29, 0.717) is 12.1 Å². The van der Waals surface area contributed by atoms with Crippen LogP contribution in [0.4, 0.5) is 0 Å². The maximum Gasteiger partial charge on any atom is 0.175 e. The van der Waals surface area contributed by atoms with E-state index < -0.39 is 5.92 Å². The second-order valence-corrected chi connectivity index (χ2v) is 10.6. The van der Waals surface area contributed by atoms with Gasteiger partial charge in [-0.3, -0.25) is 9.59 Å². The summed E-state index contributed by atoms with van der Waals surface area (Å²) in [7, 11) is 0. The number of ketones is 2. The molecule has 2 aromatic rings. The van der Waals surface area contributed by atoms with Gasteiger partial charge in [-0.05, 0) is 95.1 Å². The average Bonchev–Trinajstić information content (AvgIpc) is 3.57. The highest BCUT2D eigenvalue weighted by atomic mass is 16.2. The maximum absolute atomic E-state index is 14.0. The lowest BCUT2D eigenvalue weighted by molar-refractivity contribution is 0.0819. The van der Waals surface area contributed by atoms with Crippen LogP contribution < -0.4 is 0 Å². The summed E-state index contributed by atoms with van der Waals surface area (Å²) in [5.41, 5.74) is 9.60. The van der Waals surface area contributed by atoms with Crippen LogP contribution in [0.5, 0.6) is 0 Å². The minimum absolute atomic E-state index is 0.0809. The normalized spacial score (nSPS) is 23.0. The molecule has 0 aromatic carbocycles. The lowest BCUT2D eigenvalue weighted by Gasteiger charge is -2.23. The molecule has 0 N–H and O–H groups in total. The molecule has 4 aliphatic heterocycles. The first kappa shape index (κ1) is 20.5. The van der Waals surface area contributed by atoms with E-state index in [1.54, 1.807) is 0 Å². The predicted octanol–water partition coefficient (Wildman–Crippen LogP) is 5.76. The summed E-state index contributed by atoms with van der Waals surface area (Å²) in [6, 6.07) is 1.16. The van der Waals surface area contributed by atoms with Crippen LogP contribution in [0.3, 0.4) is 0 Å². The summed E-state index contributed by atoms with van der Waals surface area (Å²) >= 11 is 0. The molecule has 4 heteroatoms. The standard InChI is InChI=1S/C28H36N2O2/c1-4-19-21-10-6-8-17-12-14-23(29(17)21)25(19)27(31)16(3)28(32)26-20(5-2)22-11-7-9-18-13-15-24(26)30(18)22/h16-18H,4-15H2,1-3H3/t17-,18-/m1/s1. The summed E-state index contributed by atoms with van der Waals surface area (Å²) in [6.07, 6.45) is 13.2. The van der Waals surface area contributed by atoms with Crippen molar-refractivity contribution in [2.75, 3.05) is 0 Å². The predicted molar refractivity (Wildman–Crippen MR) is 126 cm³/mol. The molecule has 170 valence electrons. The van der Waals surface area contributed by atoms with Gasteiger partial charge in [0, 0.05) is 46.0 Å². The highest BCUT2D eigenvalue weighted by Gasteiger charge is 2.41. The fourth-order valence-electron chi connectivity index (χ4n) is 7.73. The van der Waals surface area contributed by atoms with Crippen LogP contribution in [-0.2, 0) is 38.5 Å². The summed E-state index contributed by atoms with van der Waals surface area (Å²) in [6.45, 7) is 6.23. The zero-order valence-corrected chi connectivity index (χ0v) is 19.9. The van der Waals surface area contributed by atoms with Gasteiger partial charge in [-0.15, -0.1) is 0 Å². The van der Waals surface area contributed by atoms with Gasteiger partial charge in [0.2, 0.25) is 0 Å². The molecule has 0 unspecified atom stereocenters. The fraction of sp³-hybridized carbons (Fsp3) is 0.643. The van der Waals surface area contributed by atoms with Crippen LogP contribution in [0, 0.1) is 5.92 Å². The summed E-state index contributed by atoms with van der Waals surface area (Å²) in [4.78, 5) is 27.9. The Morgan fingerprint density at radius 1 is 0.719 bits per heavy atom. The van der Waals surface area contributed by atoms with E-state index in [1.807, 2.05) is 6.92 Å². The largest absolute Gasteiger partial charge is 0.345 e. The number of Topliss-reactive ketones (excluding diaryl/α,β-unsaturated/α-hetero) is 2. The van der Waals surface area contributed by atoms with Gasteiger partial charge >= 0.3 is 0 Å². The van der Waals surface area contributed by atoms with Crippen molar-refractivity contribution in [3.8, 4) is 0 Å². The van der Waals surface area contributed by atoms with Crippen molar-refractivity contribution >= 4 is 11.6 Å². The number of hydrogen-bond donors (Lipinski definition) is 0. The van der Waals surface area contributed by atoms with Crippen LogP contribution in [-0.4, -0.2) is 20.7 Å². The molecule has 0 amide bonds. The molecule has 4 nitrogen and oxygen atoms in total. The molecule has 0 aliphatic carbocycles. The molecule has 0 saturated heterocycles. The van der Waals surface area contributed by atoms with Gasteiger partial charge in [0.1, 0.15) is 0 Å². The molecular weight excluding hydrogens is 396 g/mol. The van der Waals surface area contributed by atoms with E-state index in [2.05, 4.69) is 23.0 Å². The first-order chi connectivity index (χ1) is 15.6. The second kappa shape index (κ2) is 7.46. The molecule has 32 heavy (non-hydrogen) atoms. The molecule has 6 heterocycles. The van der Waals surface area contributed by atoms with Crippen LogP contribution in [0.2, 0.25) is 0 Å². The third kappa shape index (κ3) is 2.61. The number of carbonyl (C=O) groups is 2. The Labute approximate surface area is 191 Å². The quantitative estimate of drug-likeness (QED) is 0.430. The smallest absolute Gasteiger partial charge is 0.175 e. The number of hydrogen-bond acceptors (Lipinski definition) is 2. The van der Waals surface area contributed by atoms with Crippen LogP contribution >= 0.6 is 0 Å². The number of rotatable bonds is 6. The van der Waals surface area contributed by atoms with E-state index >= 15 is 0 Å². The van der Waals surface area contributed by atoms with Gasteiger partial charge in [0.15, 0.2) is 11.6 Å². The van der Waals surface area contributed by atoms with Crippen molar-refractivity contribution in [1.29, 1.82) is 0 Å². The Kier molecular flexibility index (Phi) is 4.78. The summed E-state index contributed by atoms with van der Waals surface area (Å²) in [5, 5.41) is 0. The summed E-state index contributed by atoms with van der Waals surface area (Å²) in [5.74, 6) is -0.431. The molecule has 2 atom stereocenters. The topological polar surface area (TPSA) is 44.0 Å². The van der Waals surface area contributed by atoms with Crippen LogP contribution in [0.25, 0.3) is 0 Å². The molecular formula is C28H36N2O2. The number of carbonyl (C=O) groups excluding carboxylic acids is 2. The molecule has 0 radical (unpaired) electrons. The zero-order chi connectivity index (χ0) is 22.1. The van der Waals surface area contributed by atoms with Gasteiger partial charge in [0.25, 0.3) is 0 Å². The monoisotopic (exact) mass is 432 g/mol. The second-order valence-electron chi connectivity index (χ2n) is 10.6. The van der Waals surface area contributed by atoms with E-state index in [1.165, 1.54) is 59.6 Å². The van der Waals surface area contributed by atoms with Gasteiger partial charge in [-0.2, -0.15) is 0 Å². The fourth-order valence-corrected chi connectivity index (χ4v) is 7.73. The third-order valence-corrected chi connectivity index (χ3v) is 9.09. The van der Waals surface area contributed by atoms with Gasteiger partial charge in [-0.1, -0.05) is 13.8 Å². The van der Waals surface area contributed by atoms with Crippen molar-refractivity contribution in [3.05, 3.63) is 45.0 Å². The number of aromatic nitrogens is 2. The van der Waals surface area contributed by atoms with Crippen molar-refractivity contribution in [3.63, 3.8) is 0 Å². The Hall–Kier alpha value is -2.10. The molecule has 2 aromatic heterocycles. The maximum atomic E-state index is 14.0. The molecule has 0 saturated carbocycles. The van der Waals surface area contributed by atoms with Crippen molar-refractivity contribution in [2.24, 2.45) is 5.92 Å². The highest BCUT2D eigenvalue weighted by molar-refractivity contribution is 6.18. The number of nitrogens with zero attached hydrogens (tertiary/aromatic N) is 2. The molecule has 0 bridgehead atoms. The van der Waals surface area contributed by atoms with Crippen molar-refractivity contribution in [2.45, 2.75) is 110 Å². The van der Waals surface area contributed by atoms with E-state index in [0.717, 1.165) is 62.5 Å². The first-order valence-corrected chi connectivity index (χ1v) is 13.1. The minimum Gasteiger partial charge on any atom is -0.345 e. The van der Waals surface area contributed by atoms with Crippen LogP contribution in [0.15, 0.2) is 0 Å². The van der Waals surface area contributed by atoms with E-state index in [9.17, 15) is 9.59 Å². The molecule has 0 spiro atoms. The molecule has 6 rings (SSSR count). The van der Waals surface area contributed by atoms with Crippen molar-refractivity contribution < 1.29 is 9.59 Å². The minimum atomic E-state index is -0.592. The highest BCUT2D eigenvalue weighted by Crippen LogP contribution is 2.44. The Balaban J connectivity index is 1.41. The van der Waals surface area contributed by atoms with E-state index in [-0.39, 0.29) is 11.6 Å². The Bertz CT molecular complexity index is 1040. The van der Waals surface area contributed by atoms with Gasteiger partial charge in [0.05, 0.1) is 5.92 Å². The zero-order valence-electron chi connectivity index (χ0n) is 19.9. The molecule has 4 aliphatic rings. The molecule has 0 fully saturated rings. The van der Waals surface area contributed by atoms with Crippen molar-refractivity contribution in [1.82, 2.24) is 9.13 Å². The first-order valence-electron chi connectivity index (χ1n) is 13.1.